The van der Waals surface area contributed by atoms with Crippen LogP contribution in [0, 0.1) is 5.92 Å². The van der Waals surface area contributed by atoms with E-state index in [1.807, 2.05) is 0 Å². The zero-order valence-electron chi connectivity index (χ0n) is 8.15. The summed E-state index contributed by atoms with van der Waals surface area (Å²) in [5.74, 6) is -3.17. The van der Waals surface area contributed by atoms with E-state index in [1.54, 1.807) is 0 Å². The fourth-order valence-corrected chi connectivity index (χ4v) is 1.25. The molecule has 1 rings (SSSR count). The van der Waals surface area contributed by atoms with Crippen LogP contribution in [0.4, 0.5) is 0 Å². The lowest BCUT2D eigenvalue weighted by molar-refractivity contribution is -0.158. The van der Waals surface area contributed by atoms with E-state index in [1.165, 1.54) is 0 Å². The second-order valence-corrected chi connectivity index (χ2v) is 3.20. The van der Waals surface area contributed by atoms with Gasteiger partial charge in [0.1, 0.15) is 0 Å². The molecule has 0 aromatic heterocycles. The van der Waals surface area contributed by atoms with E-state index in [0.29, 0.717) is 0 Å². The maximum absolute atomic E-state index is 11.0. The minimum atomic E-state index is -0.699. The lowest BCUT2D eigenvalue weighted by Gasteiger charge is -2.02. The van der Waals surface area contributed by atoms with Crippen LogP contribution >= 0.6 is 0 Å². The van der Waals surface area contributed by atoms with Crippen molar-refractivity contribution in [2.24, 2.45) is 5.92 Å². The molecule has 0 N–H and O–H groups in total. The first-order valence-electron chi connectivity index (χ1n) is 4.45. The van der Waals surface area contributed by atoms with Gasteiger partial charge in [0.15, 0.2) is 0 Å². The van der Waals surface area contributed by atoms with Gasteiger partial charge in [-0.05, 0) is 6.42 Å². The molecular formula is C9H10O6. The van der Waals surface area contributed by atoms with E-state index >= 15 is 0 Å². The van der Waals surface area contributed by atoms with Crippen molar-refractivity contribution >= 4 is 23.9 Å². The Morgan fingerprint density at radius 3 is 2.60 bits per heavy atom. The summed E-state index contributed by atoms with van der Waals surface area (Å²) in [6.07, 6.45) is 0.0789. The molecule has 0 bridgehead atoms. The average Bonchev–Trinajstić information content (AvgIpc) is 2.40. The molecule has 0 spiro atoms. The molecule has 1 aliphatic heterocycles. The Kier molecular flexibility index (Phi) is 3.54. The highest BCUT2D eigenvalue weighted by Gasteiger charge is 2.33. The quantitative estimate of drug-likeness (QED) is 0.483. The summed E-state index contributed by atoms with van der Waals surface area (Å²) in [4.78, 5) is 42.9. The minimum absolute atomic E-state index is 0.00775. The van der Waals surface area contributed by atoms with Crippen LogP contribution in [0.15, 0.2) is 0 Å². The van der Waals surface area contributed by atoms with Gasteiger partial charge in [-0.15, -0.1) is 0 Å². The first kappa shape index (κ1) is 11.4. The molecule has 0 radical (unpaired) electrons. The zero-order chi connectivity index (χ0) is 11.4. The van der Waals surface area contributed by atoms with Crippen LogP contribution in [-0.2, 0) is 28.7 Å². The number of carbonyl (C=O) groups excluding carboxylic acids is 4. The van der Waals surface area contributed by atoms with E-state index in [2.05, 4.69) is 9.47 Å². The molecule has 0 amide bonds. The first-order chi connectivity index (χ1) is 6.99. The van der Waals surface area contributed by atoms with Gasteiger partial charge in [0.05, 0.1) is 12.3 Å². The molecule has 1 unspecified atom stereocenters. The number of hydrogen-bond acceptors (Lipinski definition) is 6. The van der Waals surface area contributed by atoms with Gasteiger partial charge >= 0.3 is 23.9 Å². The van der Waals surface area contributed by atoms with E-state index in [0.717, 1.165) is 6.92 Å². The van der Waals surface area contributed by atoms with Gasteiger partial charge in [0, 0.05) is 13.3 Å². The smallest absolute Gasteiger partial charge is 0.317 e. The van der Waals surface area contributed by atoms with Gasteiger partial charge in [-0.1, -0.05) is 0 Å². The first-order valence-corrected chi connectivity index (χ1v) is 4.45. The number of ether oxygens (including phenoxy) is 2. The van der Waals surface area contributed by atoms with Crippen LogP contribution < -0.4 is 0 Å². The molecule has 0 aromatic rings. The summed E-state index contributed by atoms with van der Waals surface area (Å²) in [6, 6.07) is 0. The monoisotopic (exact) mass is 214 g/mol. The third-order valence-corrected chi connectivity index (χ3v) is 1.92. The Balaban J connectivity index is 2.31. The van der Waals surface area contributed by atoms with Crippen molar-refractivity contribution in [3.8, 4) is 0 Å². The summed E-state index contributed by atoms with van der Waals surface area (Å²) >= 11 is 0. The maximum Gasteiger partial charge on any atom is 0.317 e. The summed E-state index contributed by atoms with van der Waals surface area (Å²) < 4.78 is 8.55. The predicted octanol–water partition coefficient (Wildman–Crippen LogP) is -0.0540. The molecule has 1 aliphatic rings. The van der Waals surface area contributed by atoms with Crippen LogP contribution in [0.3, 0.4) is 0 Å². The Morgan fingerprint density at radius 1 is 1.47 bits per heavy atom. The largest absolute Gasteiger partial charge is 0.393 e. The molecule has 1 saturated heterocycles. The van der Waals surface area contributed by atoms with Crippen LogP contribution in [0.25, 0.3) is 0 Å². The van der Waals surface area contributed by atoms with Crippen LogP contribution in [0.1, 0.15) is 26.2 Å². The molecule has 0 saturated carbocycles. The standard InChI is InChI=1S/C9H10O6/c1-5(10)14-7(11)3-2-6-4-8(12)15-9(6)13/h6H,2-4H2,1H3. The Hall–Kier alpha value is -1.72. The molecule has 6 heteroatoms. The molecule has 0 aliphatic carbocycles. The number of esters is 4. The number of hydrogen-bond donors (Lipinski definition) is 0. The van der Waals surface area contributed by atoms with Gasteiger partial charge in [0.2, 0.25) is 0 Å². The van der Waals surface area contributed by atoms with E-state index in [9.17, 15) is 19.2 Å². The maximum atomic E-state index is 11.0. The number of cyclic esters (lactones) is 2. The lowest BCUT2D eigenvalue weighted by Crippen LogP contribution is -2.13. The van der Waals surface area contributed by atoms with Gasteiger partial charge in [0.25, 0.3) is 0 Å². The number of rotatable bonds is 3. The van der Waals surface area contributed by atoms with Crippen molar-refractivity contribution in [2.75, 3.05) is 0 Å². The second-order valence-electron chi connectivity index (χ2n) is 3.20. The van der Waals surface area contributed by atoms with Crippen LogP contribution in [0.2, 0.25) is 0 Å². The van der Waals surface area contributed by atoms with Crippen molar-refractivity contribution in [1.29, 1.82) is 0 Å². The van der Waals surface area contributed by atoms with Crippen molar-refractivity contribution in [3.63, 3.8) is 0 Å². The van der Waals surface area contributed by atoms with E-state index in [-0.39, 0.29) is 19.3 Å². The molecule has 6 nitrogen and oxygen atoms in total. The summed E-state index contributed by atoms with van der Waals surface area (Å²) in [7, 11) is 0. The normalized spacial score (nSPS) is 19.9. The average molecular weight is 214 g/mol. The van der Waals surface area contributed by atoms with Gasteiger partial charge in [-0.3, -0.25) is 19.2 Å². The summed E-state index contributed by atoms with van der Waals surface area (Å²) in [6.45, 7) is 1.12. The molecule has 1 fully saturated rings. The highest BCUT2D eigenvalue weighted by Crippen LogP contribution is 2.20. The highest BCUT2D eigenvalue weighted by atomic mass is 16.6. The topological polar surface area (TPSA) is 86.7 Å². The number of carbonyl (C=O) groups is 4. The van der Waals surface area contributed by atoms with Gasteiger partial charge < -0.3 is 9.47 Å². The third-order valence-electron chi connectivity index (χ3n) is 1.92. The van der Waals surface area contributed by atoms with E-state index < -0.39 is 29.8 Å². The zero-order valence-corrected chi connectivity index (χ0v) is 8.15. The highest BCUT2D eigenvalue weighted by molar-refractivity contribution is 5.94. The Labute approximate surface area is 85.5 Å². The van der Waals surface area contributed by atoms with Crippen LogP contribution in [0.5, 0.6) is 0 Å². The molecule has 15 heavy (non-hydrogen) atoms. The molecular weight excluding hydrogens is 204 g/mol. The molecule has 82 valence electrons. The van der Waals surface area contributed by atoms with Crippen molar-refractivity contribution < 1.29 is 28.7 Å². The van der Waals surface area contributed by atoms with E-state index in [4.69, 9.17) is 0 Å². The minimum Gasteiger partial charge on any atom is -0.393 e. The van der Waals surface area contributed by atoms with Crippen LogP contribution in [-0.4, -0.2) is 23.9 Å². The van der Waals surface area contributed by atoms with Gasteiger partial charge in [-0.2, -0.15) is 0 Å². The fourth-order valence-electron chi connectivity index (χ4n) is 1.25. The van der Waals surface area contributed by atoms with Crippen molar-refractivity contribution in [1.82, 2.24) is 0 Å². The molecule has 1 heterocycles. The fraction of sp³-hybridized carbons (Fsp3) is 0.556. The van der Waals surface area contributed by atoms with Crippen molar-refractivity contribution in [2.45, 2.75) is 26.2 Å². The molecule has 1 atom stereocenters. The summed E-state index contributed by atoms with van der Waals surface area (Å²) in [5.41, 5.74) is 0. The molecule has 0 aromatic carbocycles. The SMILES string of the molecule is CC(=O)OC(=O)CCC1CC(=O)OC1=O. The van der Waals surface area contributed by atoms with Gasteiger partial charge in [-0.25, -0.2) is 0 Å². The predicted molar refractivity (Wildman–Crippen MR) is 45.2 cm³/mol. The lowest BCUT2D eigenvalue weighted by atomic mass is 10.0. The van der Waals surface area contributed by atoms with Crippen molar-refractivity contribution in [3.05, 3.63) is 0 Å². The second kappa shape index (κ2) is 4.68. The summed E-state index contributed by atoms with van der Waals surface area (Å²) in [5, 5.41) is 0. The third kappa shape index (κ3) is 3.49. The Morgan fingerprint density at radius 2 is 2.13 bits per heavy atom. The Bertz CT molecular complexity index is 319.